The first kappa shape index (κ1) is 23.1. The van der Waals surface area contributed by atoms with Crippen molar-refractivity contribution < 1.29 is 27.8 Å². The second-order valence-corrected chi connectivity index (χ2v) is 9.49. The average Bonchev–Trinajstić information content (AvgIpc) is 3.21. The number of aromatic hydroxyl groups is 1. The van der Waals surface area contributed by atoms with Gasteiger partial charge in [-0.05, 0) is 55.7 Å². The van der Waals surface area contributed by atoms with Gasteiger partial charge in [-0.1, -0.05) is 12.1 Å². The van der Waals surface area contributed by atoms with Gasteiger partial charge >= 0.3 is 6.18 Å². The van der Waals surface area contributed by atoms with Gasteiger partial charge in [0.15, 0.2) is 6.29 Å². The molecule has 1 aliphatic rings. The SMILES string of the molecule is Oc1ccc(SCc2sc(-c3ccc(C(F)(F)F)cc3)nc2COC2CCCCO2)cc1. The topological polar surface area (TPSA) is 51.6 Å². The van der Waals surface area contributed by atoms with E-state index < -0.39 is 11.7 Å². The van der Waals surface area contributed by atoms with Crippen LogP contribution in [0.25, 0.3) is 10.6 Å². The number of hydrogen-bond acceptors (Lipinski definition) is 6. The predicted molar refractivity (Wildman–Crippen MR) is 119 cm³/mol. The number of halogens is 3. The van der Waals surface area contributed by atoms with Crippen LogP contribution in [0.4, 0.5) is 13.2 Å². The molecule has 4 nitrogen and oxygen atoms in total. The van der Waals surface area contributed by atoms with Crippen molar-refractivity contribution in [3.05, 3.63) is 64.7 Å². The fraction of sp³-hybridized carbons (Fsp3) is 0.348. The van der Waals surface area contributed by atoms with E-state index in [2.05, 4.69) is 4.98 Å². The Morgan fingerprint density at radius 2 is 1.84 bits per heavy atom. The van der Waals surface area contributed by atoms with Gasteiger partial charge in [0, 0.05) is 27.7 Å². The van der Waals surface area contributed by atoms with Gasteiger partial charge in [-0.3, -0.25) is 0 Å². The Labute approximate surface area is 192 Å². The molecule has 2 aromatic carbocycles. The van der Waals surface area contributed by atoms with Gasteiger partial charge in [0.1, 0.15) is 10.8 Å². The highest BCUT2D eigenvalue weighted by molar-refractivity contribution is 7.98. The summed E-state index contributed by atoms with van der Waals surface area (Å²) >= 11 is 3.05. The summed E-state index contributed by atoms with van der Waals surface area (Å²) in [5.41, 5.74) is 0.725. The Morgan fingerprint density at radius 1 is 1.09 bits per heavy atom. The number of thioether (sulfide) groups is 1. The number of hydrogen-bond donors (Lipinski definition) is 1. The Kier molecular flexibility index (Phi) is 7.40. The van der Waals surface area contributed by atoms with E-state index in [1.54, 1.807) is 23.9 Å². The van der Waals surface area contributed by atoms with E-state index in [0.29, 0.717) is 22.9 Å². The molecule has 9 heteroatoms. The second-order valence-electron chi connectivity index (χ2n) is 7.35. The minimum absolute atomic E-state index is 0.207. The van der Waals surface area contributed by atoms with Crippen LogP contribution in [0, 0.1) is 0 Å². The zero-order valence-corrected chi connectivity index (χ0v) is 18.7. The van der Waals surface area contributed by atoms with E-state index in [9.17, 15) is 18.3 Å². The number of phenols is 1. The second kappa shape index (κ2) is 10.2. The van der Waals surface area contributed by atoms with Crippen molar-refractivity contribution in [1.29, 1.82) is 0 Å². The van der Waals surface area contributed by atoms with Crippen LogP contribution in [0.1, 0.15) is 35.4 Å². The molecule has 0 bridgehead atoms. The molecule has 1 unspecified atom stereocenters. The normalized spacial score (nSPS) is 16.9. The molecule has 0 radical (unpaired) electrons. The molecule has 1 aliphatic heterocycles. The fourth-order valence-electron chi connectivity index (χ4n) is 3.24. The number of benzene rings is 2. The van der Waals surface area contributed by atoms with E-state index in [1.165, 1.54) is 23.5 Å². The number of ether oxygens (including phenoxy) is 2. The number of thiazole rings is 1. The highest BCUT2D eigenvalue weighted by Gasteiger charge is 2.30. The van der Waals surface area contributed by atoms with Crippen molar-refractivity contribution in [2.24, 2.45) is 0 Å². The monoisotopic (exact) mass is 481 g/mol. The average molecular weight is 482 g/mol. The quantitative estimate of drug-likeness (QED) is 0.373. The van der Waals surface area contributed by atoms with Crippen LogP contribution in [0.2, 0.25) is 0 Å². The third-order valence-corrected chi connectivity index (χ3v) is 7.36. The molecule has 1 saturated heterocycles. The Morgan fingerprint density at radius 3 is 2.50 bits per heavy atom. The van der Waals surface area contributed by atoms with Gasteiger partial charge < -0.3 is 14.6 Å². The number of aromatic nitrogens is 1. The number of rotatable bonds is 7. The van der Waals surface area contributed by atoms with Crippen LogP contribution in [-0.4, -0.2) is 23.0 Å². The third kappa shape index (κ3) is 6.04. The molecule has 0 aliphatic carbocycles. The first-order chi connectivity index (χ1) is 15.4. The lowest BCUT2D eigenvalue weighted by molar-refractivity contribution is -0.169. The molecule has 170 valence electrons. The maximum Gasteiger partial charge on any atom is 0.416 e. The van der Waals surface area contributed by atoms with Crippen LogP contribution < -0.4 is 0 Å². The van der Waals surface area contributed by atoms with E-state index in [1.807, 2.05) is 12.1 Å². The molecule has 0 saturated carbocycles. The number of nitrogens with zero attached hydrogens (tertiary/aromatic N) is 1. The third-order valence-electron chi connectivity index (χ3n) is 4.99. The predicted octanol–water partition coefficient (Wildman–Crippen LogP) is 6.87. The summed E-state index contributed by atoms with van der Waals surface area (Å²) in [7, 11) is 0. The zero-order valence-electron chi connectivity index (χ0n) is 17.1. The first-order valence-corrected chi connectivity index (χ1v) is 12.0. The minimum Gasteiger partial charge on any atom is -0.508 e. The Hall–Kier alpha value is -2.07. The molecule has 3 aromatic rings. The number of phenolic OH excluding ortho intramolecular Hbond substituents is 1. The summed E-state index contributed by atoms with van der Waals surface area (Å²) < 4.78 is 50.2. The molecule has 1 N–H and O–H groups in total. The molecular formula is C23H22F3NO3S2. The lowest BCUT2D eigenvalue weighted by atomic mass is 10.1. The Balaban J connectivity index is 1.53. The molecule has 1 atom stereocenters. The van der Waals surface area contributed by atoms with Crippen molar-refractivity contribution in [2.45, 2.75) is 49.0 Å². The standard InChI is InChI=1S/C23H22F3NO3S2/c24-23(25,26)16-6-4-15(5-7-16)22-27-19(13-30-21-3-1-2-12-29-21)20(32-22)14-31-18-10-8-17(28)9-11-18/h4-11,21,28H,1-3,12-14H2. The van der Waals surface area contributed by atoms with Crippen LogP contribution in [0.15, 0.2) is 53.4 Å². The molecule has 1 fully saturated rings. The van der Waals surface area contributed by atoms with Crippen molar-refractivity contribution in [3.63, 3.8) is 0 Å². The molecule has 4 rings (SSSR count). The van der Waals surface area contributed by atoms with E-state index in [4.69, 9.17) is 9.47 Å². The zero-order chi connectivity index (χ0) is 22.6. The lowest BCUT2D eigenvalue weighted by Crippen LogP contribution is -2.22. The first-order valence-electron chi connectivity index (χ1n) is 10.2. The Bertz CT molecular complexity index is 1010. The summed E-state index contributed by atoms with van der Waals surface area (Å²) in [6, 6.07) is 12.0. The summed E-state index contributed by atoms with van der Waals surface area (Å²) in [6.07, 6.45) is -1.69. The maximum absolute atomic E-state index is 12.9. The highest BCUT2D eigenvalue weighted by atomic mass is 32.2. The maximum atomic E-state index is 12.9. The molecule has 2 heterocycles. The van der Waals surface area contributed by atoms with Crippen LogP contribution in [-0.2, 0) is 28.0 Å². The van der Waals surface area contributed by atoms with E-state index in [0.717, 1.165) is 46.9 Å². The fourth-order valence-corrected chi connectivity index (χ4v) is 5.31. The molecule has 32 heavy (non-hydrogen) atoms. The van der Waals surface area contributed by atoms with Crippen LogP contribution in [0.5, 0.6) is 5.75 Å². The summed E-state index contributed by atoms with van der Waals surface area (Å²) in [4.78, 5) is 6.68. The summed E-state index contributed by atoms with van der Waals surface area (Å²) in [5, 5.41) is 10.1. The van der Waals surface area contributed by atoms with Gasteiger partial charge in [0.05, 0.1) is 17.9 Å². The van der Waals surface area contributed by atoms with Crippen molar-refractivity contribution in [3.8, 4) is 16.3 Å². The van der Waals surface area contributed by atoms with Crippen molar-refractivity contribution >= 4 is 23.1 Å². The van der Waals surface area contributed by atoms with Gasteiger partial charge in [0.25, 0.3) is 0 Å². The molecule has 0 amide bonds. The van der Waals surface area contributed by atoms with Crippen molar-refractivity contribution in [1.82, 2.24) is 4.98 Å². The van der Waals surface area contributed by atoms with E-state index in [-0.39, 0.29) is 18.6 Å². The smallest absolute Gasteiger partial charge is 0.416 e. The molecule has 0 spiro atoms. The van der Waals surface area contributed by atoms with Gasteiger partial charge in [-0.25, -0.2) is 4.98 Å². The van der Waals surface area contributed by atoms with Gasteiger partial charge in [-0.2, -0.15) is 13.2 Å². The van der Waals surface area contributed by atoms with Crippen molar-refractivity contribution in [2.75, 3.05) is 6.61 Å². The minimum atomic E-state index is -4.37. The highest BCUT2D eigenvalue weighted by Crippen LogP contribution is 2.36. The van der Waals surface area contributed by atoms with E-state index >= 15 is 0 Å². The van der Waals surface area contributed by atoms with Gasteiger partial charge in [-0.15, -0.1) is 23.1 Å². The van der Waals surface area contributed by atoms with Crippen LogP contribution >= 0.6 is 23.1 Å². The lowest BCUT2D eigenvalue weighted by Gasteiger charge is -2.22. The van der Waals surface area contributed by atoms with Crippen LogP contribution in [0.3, 0.4) is 0 Å². The van der Waals surface area contributed by atoms with Gasteiger partial charge in [0.2, 0.25) is 0 Å². The number of alkyl halides is 3. The molecular weight excluding hydrogens is 459 g/mol. The summed E-state index contributed by atoms with van der Waals surface area (Å²) in [5.74, 6) is 0.839. The largest absolute Gasteiger partial charge is 0.508 e. The molecule has 1 aromatic heterocycles. The summed E-state index contributed by atoms with van der Waals surface area (Å²) in [6.45, 7) is 0.968.